The summed E-state index contributed by atoms with van der Waals surface area (Å²) in [5.41, 5.74) is 7.13. The normalized spacial score (nSPS) is 18.1. The number of rotatable bonds is 11. The molecular weight excluding hydrogens is 416 g/mol. The number of aromatic nitrogens is 2. The molecule has 0 radical (unpaired) electrons. The van der Waals surface area contributed by atoms with Crippen molar-refractivity contribution in [1.82, 2.24) is 9.97 Å². The van der Waals surface area contributed by atoms with E-state index in [1.165, 1.54) is 71.9 Å². The van der Waals surface area contributed by atoms with Crippen molar-refractivity contribution < 1.29 is 4.74 Å². The van der Waals surface area contributed by atoms with Crippen LogP contribution >= 0.6 is 0 Å². The molecule has 1 aromatic carbocycles. The van der Waals surface area contributed by atoms with E-state index < -0.39 is 0 Å². The molecule has 3 heteroatoms. The fourth-order valence-corrected chi connectivity index (χ4v) is 5.42. The van der Waals surface area contributed by atoms with E-state index in [1.807, 2.05) is 0 Å². The van der Waals surface area contributed by atoms with Gasteiger partial charge in [0, 0.05) is 11.3 Å². The highest BCUT2D eigenvalue weighted by atomic mass is 16.5. The van der Waals surface area contributed by atoms with Crippen molar-refractivity contribution in [3.05, 3.63) is 64.8 Å². The average Bonchev–Trinajstić information content (AvgIpc) is 3.00. The fraction of sp³-hybridized carbons (Fsp3) is 0.548. The van der Waals surface area contributed by atoms with E-state index in [-0.39, 0.29) is 0 Å². The van der Waals surface area contributed by atoms with Crippen LogP contribution in [0, 0.1) is 18.8 Å². The van der Waals surface area contributed by atoms with Gasteiger partial charge in [0.05, 0.1) is 18.3 Å². The predicted molar refractivity (Wildman–Crippen MR) is 146 cm³/mol. The van der Waals surface area contributed by atoms with Crippen LogP contribution in [0.1, 0.15) is 102 Å². The van der Waals surface area contributed by atoms with Gasteiger partial charge in [0.2, 0.25) is 0 Å². The Bertz CT molecular complexity index is 1060. The van der Waals surface area contributed by atoms with E-state index in [0.29, 0.717) is 11.8 Å². The summed E-state index contributed by atoms with van der Waals surface area (Å²) in [6.07, 6.45) is 17.3. The van der Waals surface area contributed by atoms with Gasteiger partial charge in [0.1, 0.15) is 12.1 Å². The summed E-state index contributed by atoms with van der Waals surface area (Å²) in [6.45, 7) is 13.5. The lowest BCUT2D eigenvalue weighted by Crippen LogP contribution is -2.04. The van der Waals surface area contributed by atoms with Crippen LogP contribution in [0.3, 0.4) is 0 Å². The van der Waals surface area contributed by atoms with Gasteiger partial charge in [-0.25, -0.2) is 9.97 Å². The Balaban J connectivity index is 1.95. The molecule has 3 atom stereocenters. The minimum Gasteiger partial charge on any atom is -0.500 e. The molecule has 3 rings (SSSR count). The summed E-state index contributed by atoms with van der Waals surface area (Å²) >= 11 is 0. The second-order valence-electron chi connectivity index (χ2n) is 10.1. The zero-order valence-electron chi connectivity index (χ0n) is 22.4. The summed E-state index contributed by atoms with van der Waals surface area (Å²) in [7, 11) is 1.78. The highest BCUT2D eigenvalue weighted by molar-refractivity contribution is 5.90. The number of methoxy groups -OCH3 is 1. The maximum atomic E-state index is 5.80. The molecule has 34 heavy (non-hydrogen) atoms. The van der Waals surface area contributed by atoms with Crippen LogP contribution in [0.5, 0.6) is 0 Å². The largest absolute Gasteiger partial charge is 0.500 e. The first-order valence-corrected chi connectivity index (χ1v) is 13.3. The number of allylic oxidation sites excluding steroid dienone is 5. The Morgan fingerprint density at radius 1 is 1.00 bits per heavy atom. The first-order chi connectivity index (χ1) is 16.4. The Morgan fingerprint density at radius 3 is 2.47 bits per heavy atom. The number of hydrogen-bond acceptors (Lipinski definition) is 3. The number of aryl methyl sites for hydroxylation is 1. The van der Waals surface area contributed by atoms with Crippen LogP contribution in [-0.2, 0) is 4.74 Å². The third-order valence-corrected chi connectivity index (χ3v) is 7.47. The van der Waals surface area contributed by atoms with Crippen molar-refractivity contribution in [3.8, 4) is 0 Å². The summed E-state index contributed by atoms with van der Waals surface area (Å²) in [5.74, 6) is 2.62. The molecular formula is C31H44N2O. The molecule has 0 N–H and O–H groups in total. The van der Waals surface area contributed by atoms with E-state index >= 15 is 0 Å². The molecule has 0 amide bonds. The molecule has 0 fully saturated rings. The van der Waals surface area contributed by atoms with E-state index in [1.54, 1.807) is 13.4 Å². The molecule has 1 aliphatic rings. The lowest BCUT2D eigenvalue weighted by atomic mass is 9.89. The number of benzene rings is 1. The zero-order valence-corrected chi connectivity index (χ0v) is 22.4. The summed E-state index contributed by atoms with van der Waals surface area (Å²) in [4.78, 5) is 9.46. The topological polar surface area (TPSA) is 35.0 Å². The van der Waals surface area contributed by atoms with Crippen molar-refractivity contribution in [2.45, 2.75) is 92.4 Å². The fourth-order valence-electron chi connectivity index (χ4n) is 5.42. The van der Waals surface area contributed by atoms with Crippen molar-refractivity contribution in [1.29, 1.82) is 0 Å². The molecule has 0 spiro atoms. The third kappa shape index (κ3) is 6.17. The SMILES string of the molecule is CCCC(CC)CCCC(C)c1ncnc2c(C)cc(C3=CC(C)=CC(CC)C(OC)=C3)cc12. The minimum absolute atomic E-state index is 0.318. The molecule has 1 aliphatic carbocycles. The monoisotopic (exact) mass is 460 g/mol. The van der Waals surface area contributed by atoms with Crippen LogP contribution in [-0.4, -0.2) is 17.1 Å². The molecule has 1 aromatic heterocycles. The predicted octanol–water partition coefficient (Wildman–Crippen LogP) is 8.94. The van der Waals surface area contributed by atoms with Gasteiger partial charge in [-0.2, -0.15) is 0 Å². The van der Waals surface area contributed by atoms with Crippen LogP contribution < -0.4 is 0 Å². The molecule has 1 heterocycles. The van der Waals surface area contributed by atoms with Crippen LogP contribution in [0.2, 0.25) is 0 Å². The Kier molecular flexibility index (Phi) is 9.50. The number of fused-ring (bicyclic) bond motifs is 1. The van der Waals surface area contributed by atoms with Gasteiger partial charge in [-0.1, -0.05) is 77.5 Å². The molecule has 2 aromatic rings. The maximum absolute atomic E-state index is 5.80. The molecule has 0 bridgehead atoms. The summed E-state index contributed by atoms with van der Waals surface area (Å²) < 4.78 is 5.80. The van der Waals surface area contributed by atoms with Crippen LogP contribution in [0.25, 0.3) is 16.5 Å². The first kappa shape index (κ1) is 26.2. The standard InChI is InChI=1S/C31H44N2O/c1-8-12-24(9-2)14-11-13-22(5)30-28-18-27(17-23(6)31(28)33-20-32-30)26-16-21(4)15-25(10-3)29(19-26)34-7/h15-20,22,24-25H,8-14H2,1-7H3. The Morgan fingerprint density at radius 2 is 1.79 bits per heavy atom. The smallest absolute Gasteiger partial charge is 0.116 e. The van der Waals surface area contributed by atoms with E-state index in [4.69, 9.17) is 9.72 Å². The summed E-state index contributed by atoms with van der Waals surface area (Å²) in [5, 5.41) is 1.19. The van der Waals surface area contributed by atoms with Crippen molar-refractivity contribution in [2.24, 2.45) is 11.8 Å². The molecule has 184 valence electrons. The lowest BCUT2D eigenvalue weighted by Gasteiger charge is -2.18. The quantitative estimate of drug-likeness (QED) is 0.336. The molecule has 0 saturated heterocycles. The van der Waals surface area contributed by atoms with Crippen molar-refractivity contribution >= 4 is 16.5 Å². The van der Waals surface area contributed by atoms with E-state index in [9.17, 15) is 0 Å². The molecule has 0 saturated carbocycles. The summed E-state index contributed by atoms with van der Waals surface area (Å²) in [6, 6.07) is 4.56. The Hall–Kier alpha value is -2.42. The first-order valence-electron chi connectivity index (χ1n) is 13.3. The molecule has 3 nitrogen and oxygen atoms in total. The number of nitrogens with zero attached hydrogens (tertiary/aromatic N) is 2. The minimum atomic E-state index is 0.318. The number of ether oxygens (including phenoxy) is 1. The second kappa shape index (κ2) is 12.3. The van der Waals surface area contributed by atoms with Gasteiger partial charge in [-0.05, 0) is 73.4 Å². The van der Waals surface area contributed by atoms with Crippen molar-refractivity contribution in [2.75, 3.05) is 7.11 Å². The van der Waals surface area contributed by atoms with Gasteiger partial charge in [0.25, 0.3) is 0 Å². The zero-order chi connectivity index (χ0) is 24.7. The molecule has 0 aliphatic heterocycles. The maximum Gasteiger partial charge on any atom is 0.116 e. The van der Waals surface area contributed by atoms with Gasteiger partial charge >= 0.3 is 0 Å². The highest BCUT2D eigenvalue weighted by Crippen LogP contribution is 2.34. The number of hydrogen-bond donors (Lipinski definition) is 0. The average molecular weight is 461 g/mol. The second-order valence-corrected chi connectivity index (χ2v) is 10.1. The lowest BCUT2D eigenvalue weighted by molar-refractivity contribution is 0.255. The van der Waals surface area contributed by atoms with Crippen LogP contribution in [0.4, 0.5) is 0 Å². The van der Waals surface area contributed by atoms with Crippen molar-refractivity contribution in [3.63, 3.8) is 0 Å². The van der Waals surface area contributed by atoms with E-state index in [2.05, 4.69) is 76.9 Å². The van der Waals surface area contributed by atoms with E-state index in [0.717, 1.165) is 23.6 Å². The van der Waals surface area contributed by atoms with Gasteiger partial charge in [-0.3, -0.25) is 0 Å². The van der Waals surface area contributed by atoms with Gasteiger partial charge < -0.3 is 4.74 Å². The third-order valence-electron chi connectivity index (χ3n) is 7.47. The molecule has 3 unspecified atom stereocenters. The Labute approximate surface area is 207 Å². The van der Waals surface area contributed by atoms with Gasteiger partial charge in [-0.15, -0.1) is 0 Å². The highest BCUT2D eigenvalue weighted by Gasteiger charge is 2.18. The van der Waals surface area contributed by atoms with Crippen LogP contribution in [0.15, 0.2) is 48.0 Å². The van der Waals surface area contributed by atoms with Gasteiger partial charge in [0.15, 0.2) is 0 Å².